The van der Waals surface area contributed by atoms with Gasteiger partial charge in [-0.1, -0.05) is 24.3 Å². The third-order valence-electron chi connectivity index (χ3n) is 8.03. The highest BCUT2D eigenvalue weighted by atomic mass is 15.2. The van der Waals surface area contributed by atoms with E-state index >= 15 is 0 Å². The zero-order valence-corrected chi connectivity index (χ0v) is 15.4. The van der Waals surface area contributed by atoms with Gasteiger partial charge in [0.25, 0.3) is 0 Å². The molecule has 6 rings (SSSR count). The van der Waals surface area contributed by atoms with E-state index in [9.17, 15) is 0 Å². The lowest BCUT2D eigenvalue weighted by atomic mass is 9.90. The van der Waals surface area contributed by atoms with Crippen molar-refractivity contribution in [1.29, 1.82) is 0 Å². The van der Waals surface area contributed by atoms with Crippen molar-refractivity contribution in [2.75, 3.05) is 10.6 Å². The van der Waals surface area contributed by atoms with Crippen molar-refractivity contribution in [3.8, 4) is 0 Å². The molecule has 2 aromatic rings. The molecule has 0 radical (unpaired) electrons. The fourth-order valence-corrected chi connectivity index (χ4v) is 7.18. The largest absolute Gasteiger partial charge is 0.399 e. The van der Waals surface area contributed by atoms with Crippen molar-refractivity contribution in [1.82, 2.24) is 0 Å². The van der Waals surface area contributed by atoms with Crippen molar-refractivity contribution in [2.24, 2.45) is 23.7 Å². The number of anilines is 2. The standard InChI is InChI=1S/C24H28N2/c25-19-7-1-15(2-8-19)13-16-3-9-20(10-4-16)26-21-11-5-17-14-18-6-12-22(26)24(18)23(17)21/h1-4,7-10,17-18,21-24H,5-6,11-14,25H2/t17-,18+,21?,22?,23+,24-. The van der Waals surface area contributed by atoms with Crippen LogP contribution in [0.15, 0.2) is 48.5 Å². The Kier molecular flexibility index (Phi) is 3.21. The van der Waals surface area contributed by atoms with Crippen LogP contribution in [0.3, 0.4) is 0 Å². The average molecular weight is 345 g/mol. The quantitative estimate of drug-likeness (QED) is 0.805. The Morgan fingerprint density at radius 2 is 1.27 bits per heavy atom. The zero-order valence-electron chi connectivity index (χ0n) is 15.4. The molecular formula is C24H28N2. The van der Waals surface area contributed by atoms with Crippen LogP contribution >= 0.6 is 0 Å². The van der Waals surface area contributed by atoms with Gasteiger partial charge in [0, 0.05) is 23.5 Å². The SMILES string of the molecule is Nc1ccc(Cc2ccc(N3C4CC[C@@H]5C[C@@H]6CCC3[C@@H]6[C@H]45)cc2)cc1. The molecule has 3 aliphatic carbocycles. The molecule has 1 saturated heterocycles. The van der Waals surface area contributed by atoms with Crippen molar-refractivity contribution in [2.45, 2.75) is 50.6 Å². The van der Waals surface area contributed by atoms with Gasteiger partial charge < -0.3 is 10.6 Å². The fourth-order valence-electron chi connectivity index (χ4n) is 7.18. The summed E-state index contributed by atoms with van der Waals surface area (Å²) in [4.78, 5) is 2.86. The van der Waals surface area contributed by atoms with Gasteiger partial charge >= 0.3 is 0 Å². The van der Waals surface area contributed by atoms with Crippen LogP contribution in [0.4, 0.5) is 11.4 Å². The maximum Gasteiger partial charge on any atom is 0.0371 e. The molecule has 0 spiro atoms. The van der Waals surface area contributed by atoms with Crippen molar-refractivity contribution in [3.63, 3.8) is 0 Å². The Hall–Kier alpha value is -1.96. The summed E-state index contributed by atoms with van der Waals surface area (Å²) in [6.07, 6.45) is 8.38. The third kappa shape index (κ3) is 2.11. The summed E-state index contributed by atoms with van der Waals surface area (Å²) in [5.74, 6) is 4.13. The molecule has 26 heavy (non-hydrogen) atoms. The van der Waals surface area contributed by atoms with E-state index in [2.05, 4.69) is 41.3 Å². The average Bonchev–Trinajstić information content (AvgIpc) is 3.38. The second-order valence-corrected chi connectivity index (χ2v) is 9.19. The van der Waals surface area contributed by atoms with E-state index < -0.39 is 0 Å². The van der Waals surface area contributed by atoms with Crippen LogP contribution in [-0.4, -0.2) is 12.1 Å². The highest BCUT2D eigenvalue weighted by molar-refractivity contribution is 5.53. The van der Waals surface area contributed by atoms with Crippen molar-refractivity contribution >= 4 is 11.4 Å². The number of nitrogens with zero attached hydrogens (tertiary/aromatic N) is 1. The second-order valence-electron chi connectivity index (χ2n) is 9.19. The number of benzene rings is 2. The number of hydrogen-bond donors (Lipinski definition) is 1. The van der Waals surface area contributed by atoms with E-state index in [-0.39, 0.29) is 0 Å². The molecule has 2 unspecified atom stereocenters. The monoisotopic (exact) mass is 344 g/mol. The number of rotatable bonds is 3. The second kappa shape index (κ2) is 5.52. The van der Waals surface area contributed by atoms with Crippen LogP contribution in [-0.2, 0) is 6.42 Å². The molecule has 134 valence electrons. The molecule has 4 aliphatic rings. The minimum Gasteiger partial charge on any atom is -0.399 e. The molecule has 2 N–H and O–H groups in total. The van der Waals surface area contributed by atoms with Crippen LogP contribution in [0, 0.1) is 23.7 Å². The lowest BCUT2D eigenvalue weighted by Gasteiger charge is -2.32. The van der Waals surface area contributed by atoms with Gasteiger partial charge in [0.05, 0.1) is 0 Å². The topological polar surface area (TPSA) is 29.3 Å². The summed E-state index contributed by atoms with van der Waals surface area (Å²) >= 11 is 0. The van der Waals surface area contributed by atoms with E-state index in [1.54, 1.807) is 6.42 Å². The normalized spacial score (nSPS) is 36.7. The van der Waals surface area contributed by atoms with E-state index in [0.29, 0.717) is 0 Å². The van der Waals surface area contributed by atoms with Crippen LogP contribution in [0.1, 0.15) is 43.2 Å². The van der Waals surface area contributed by atoms with Crippen LogP contribution in [0.5, 0.6) is 0 Å². The summed E-state index contributed by atoms with van der Waals surface area (Å²) < 4.78 is 0. The van der Waals surface area contributed by atoms with Crippen LogP contribution < -0.4 is 10.6 Å². The molecule has 2 nitrogen and oxygen atoms in total. The first-order valence-electron chi connectivity index (χ1n) is 10.5. The Balaban J connectivity index is 1.26. The fraction of sp³-hybridized carbons (Fsp3) is 0.500. The van der Waals surface area contributed by atoms with E-state index in [4.69, 9.17) is 5.73 Å². The number of hydrogen-bond acceptors (Lipinski definition) is 2. The molecule has 6 atom stereocenters. The van der Waals surface area contributed by atoms with Gasteiger partial charge in [-0.25, -0.2) is 0 Å². The van der Waals surface area contributed by atoms with Gasteiger partial charge in [-0.15, -0.1) is 0 Å². The van der Waals surface area contributed by atoms with Gasteiger partial charge in [0.2, 0.25) is 0 Å². The minimum absolute atomic E-state index is 0.836. The van der Waals surface area contributed by atoms with Crippen LogP contribution in [0.25, 0.3) is 0 Å². The third-order valence-corrected chi connectivity index (χ3v) is 8.03. The molecule has 0 amide bonds. The summed E-state index contributed by atoms with van der Waals surface area (Å²) in [6, 6.07) is 19.4. The van der Waals surface area contributed by atoms with E-state index in [1.165, 1.54) is 42.5 Å². The lowest BCUT2D eigenvalue weighted by molar-refractivity contribution is 0.369. The van der Waals surface area contributed by atoms with Gasteiger partial charge in [0.1, 0.15) is 0 Å². The molecule has 0 bridgehead atoms. The Morgan fingerprint density at radius 3 is 1.85 bits per heavy atom. The first-order chi connectivity index (χ1) is 12.8. The number of nitrogens with two attached hydrogens (primary N) is 1. The van der Waals surface area contributed by atoms with E-state index in [0.717, 1.165) is 47.9 Å². The molecule has 1 aliphatic heterocycles. The van der Waals surface area contributed by atoms with Gasteiger partial charge in [-0.2, -0.15) is 0 Å². The molecule has 3 saturated carbocycles. The molecule has 4 fully saturated rings. The first-order valence-corrected chi connectivity index (χ1v) is 10.5. The minimum atomic E-state index is 0.836. The van der Waals surface area contributed by atoms with E-state index in [1.807, 2.05) is 12.1 Å². The highest BCUT2D eigenvalue weighted by Gasteiger charge is 2.62. The van der Waals surface area contributed by atoms with Crippen molar-refractivity contribution < 1.29 is 0 Å². The molecule has 2 aromatic carbocycles. The highest BCUT2D eigenvalue weighted by Crippen LogP contribution is 2.64. The molecule has 1 heterocycles. The lowest BCUT2D eigenvalue weighted by Crippen LogP contribution is -2.36. The molecule has 2 heteroatoms. The smallest absolute Gasteiger partial charge is 0.0371 e. The molecular weight excluding hydrogens is 316 g/mol. The Morgan fingerprint density at radius 1 is 0.731 bits per heavy atom. The predicted molar refractivity (Wildman–Crippen MR) is 107 cm³/mol. The van der Waals surface area contributed by atoms with Gasteiger partial charge in [0.15, 0.2) is 0 Å². The predicted octanol–water partition coefficient (Wildman–Crippen LogP) is 4.87. The first kappa shape index (κ1) is 15.1. The maximum atomic E-state index is 5.80. The maximum absolute atomic E-state index is 5.80. The summed E-state index contributed by atoms with van der Waals surface area (Å²) in [5, 5.41) is 0. The Labute approximate surface area is 156 Å². The Bertz CT molecular complexity index is 785. The summed E-state index contributed by atoms with van der Waals surface area (Å²) in [6.45, 7) is 0. The zero-order chi connectivity index (χ0) is 17.3. The number of nitrogen functional groups attached to an aromatic ring is 1. The van der Waals surface area contributed by atoms with Gasteiger partial charge in [-0.3, -0.25) is 0 Å². The molecule has 0 aromatic heterocycles. The van der Waals surface area contributed by atoms with Gasteiger partial charge in [-0.05, 0) is 97.6 Å². The summed E-state index contributed by atoms with van der Waals surface area (Å²) in [5.41, 5.74) is 10.9. The van der Waals surface area contributed by atoms with Crippen LogP contribution in [0.2, 0.25) is 0 Å². The summed E-state index contributed by atoms with van der Waals surface area (Å²) in [7, 11) is 0. The van der Waals surface area contributed by atoms with Crippen molar-refractivity contribution in [3.05, 3.63) is 59.7 Å².